The van der Waals surface area contributed by atoms with Crippen LogP contribution in [0.3, 0.4) is 0 Å². The maximum atomic E-state index is 8.65. The second-order valence-electron chi connectivity index (χ2n) is 4.85. The Hall–Kier alpha value is -0.490. The van der Waals surface area contributed by atoms with E-state index < -0.39 is 0 Å². The summed E-state index contributed by atoms with van der Waals surface area (Å²) in [7, 11) is 0. The molecule has 1 fully saturated rings. The molecule has 2 rings (SSSR count). The Morgan fingerprint density at radius 2 is 2.22 bits per heavy atom. The van der Waals surface area contributed by atoms with Crippen molar-refractivity contribution in [3.8, 4) is 0 Å². The average molecular weight is 270 g/mol. The molecule has 1 aliphatic rings. The highest BCUT2D eigenvalue weighted by molar-refractivity contribution is 7.09. The lowest BCUT2D eigenvalue weighted by molar-refractivity contribution is 0.0891. The normalized spacial score (nSPS) is 18.3. The minimum absolute atomic E-state index is 0.0709. The van der Waals surface area contributed by atoms with E-state index >= 15 is 0 Å². The van der Waals surface area contributed by atoms with Gasteiger partial charge in [-0.05, 0) is 19.8 Å². The molecule has 102 valence electrons. The van der Waals surface area contributed by atoms with Crippen molar-refractivity contribution in [3.05, 3.63) is 16.1 Å². The first-order valence-electron chi connectivity index (χ1n) is 6.63. The standard InChI is InChI=1S/C13H22N2O2S/c1-11-10-18-12(15-11)13(4-2-3-5-13)14-6-8-17-9-7-16/h10,14,16H,2-9H2,1H3. The molecule has 1 aliphatic carbocycles. The van der Waals surface area contributed by atoms with Crippen molar-refractivity contribution < 1.29 is 9.84 Å². The molecule has 0 aromatic carbocycles. The molecule has 4 nitrogen and oxygen atoms in total. The van der Waals surface area contributed by atoms with Gasteiger partial charge in [0.25, 0.3) is 0 Å². The van der Waals surface area contributed by atoms with Crippen LogP contribution in [0.15, 0.2) is 5.38 Å². The third-order valence-electron chi connectivity index (χ3n) is 3.43. The monoisotopic (exact) mass is 270 g/mol. The van der Waals surface area contributed by atoms with Crippen LogP contribution < -0.4 is 5.32 Å². The summed E-state index contributed by atoms with van der Waals surface area (Å²) in [6.45, 7) is 4.03. The Morgan fingerprint density at radius 3 is 2.83 bits per heavy atom. The molecule has 0 bridgehead atoms. The topological polar surface area (TPSA) is 54.4 Å². The molecule has 1 heterocycles. The van der Waals surface area contributed by atoms with Crippen molar-refractivity contribution in [2.45, 2.75) is 38.1 Å². The van der Waals surface area contributed by atoms with Crippen molar-refractivity contribution in [2.24, 2.45) is 0 Å². The largest absolute Gasteiger partial charge is 0.394 e. The molecule has 0 radical (unpaired) electrons. The number of aliphatic hydroxyl groups excluding tert-OH is 1. The Morgan fingerprint density at radius 1 is 1.44 bits per heavy atom. The number of nitrogens with one attached hydrogen (secondary N) is 1. The highest BCUT2D eigenvalue weighted by Gasteiger charge is 2.37. The first-order chi connectivity index (χ1) is 8.77. The number of ether oxygens (including phenoxy) is 1. The van der Waals surface area contributed by atoms with Gasteiger partial charge in [-0.1, -0.05) is 12.8 Å². The van der Waals surface area contributed by atoms with Gasteiger partial charge >= 0.3 is 0 Å². The highest BCUT2D eigenvalue weighted by Crippen LogP contribution is 2.39. The summed E-state index contributed by atoms with van der Waals surface area (Å²) in [4.78, 5) is 4.66. The molecule has 1 aromatic rings. The van der Waals surface area contributed by atoms with Crippen LogP contribution in [0.4, 0.5) is 0 Å². The number of aromatic nitrogens is 1. The van der Waals surface area contributed by atoms with Crippen LogP contribution in [0.2, 0.25) is 0 Å². The predicted octanol–water partition coefficient (Wildman–Crippen LogP) is 1.82. The molecule has 2 N–H and O–H groups in total. The molecule has 0 saturated heterocycles. The van der Waals surface area contributed by atoms with E-state index in [0.717, 1.165) is 12.2 Å². The third kappa shape index (κ3) is 3.29. The SMILES string of the molecule is Cc1csc(C2(NCCOCCO)CCCC2)n1. The molecule has 0 atom stereocenters. The van der Waals surface area contributed by atoms with Crippen LogP contribution in [-0.2, 0) is 10.3 Å². The Balaban J connectivity index is 1.91. The van der Waals surface area contributed by atoms with E-state index in [9.17, 15) is 0 Å². The van der Waals surface area contributed by atoms with E-state index in [-0.39, 0.29) is 12.1 Å². The van der Waals surface area contributed by atoms with Gasteiger partial charge in [0.15, 0.2) is 0 Å². The molecule has 0 spiro atoms. The molecule has 0 aliphatic heterocycles. The fourth-order valence-corrected chi connectivity index (χ4v) is 3.58. The molecule has 1 saturated carbocycles. The molecular weight excluding hydrogens is 248 g/mol. The summed E-state index contributed by atoms with van der Waals surface area (Å²) in [5.74, 6) is 0. The lowest BCUT2D eigenvalue weighted by atomic mass is 9.98. The van der Waals surface area contributed by atoms with Gasteiger partial charge in [0.05, 0.1) is 25.4 Å². The smallest absolute Gasteiger partial charge is 0.113 e. The number of rotatable bonds is 7. The van der Waals surface area contributed by atoms with E-state index in [0.29, 0.717) is 13.2 Å². The fourth-order valence-electron chi connectivity index (χ4n) is 2.55. The van der Waals surface area contributed by atoms with Crippen LogP contribution in [0.1, 0.15) is 36.4 Å². The van der Waals surface area contributed by atoms with Gasteiger partial charge in [0.2, 0.25) is 0 Å². The summed E-state index contributed by atoms with van der Waals surface area (Å²) in [5, 5.41) is 15.6. The molecule has 0 unspecified atom stereocenters. The molecule has 1 aromatic heterocycles. The summed E-state index contributed by atoms with van der Waals surface area (Å²) < 4.78 is 5.30. The second-order valence-corrected chi connectivity index (χ2v) is 5.70. The zero-order chi connectivity index (χ0) is 12.8. The zero-order valence-corrected chi connectivity index (χ0v) is 11.8. The third-order valence-corrected chi connectivity index (χ3v) is 4.60. The van der Waals surface area contributed by atoms with E-state index in [1.807, 2.05) is 6.92 Å². The van der Waals surface area contributed by atoms with Crippen molar-refractivity contribution in [1.29, 1.82) is 0 Å². The van der Waals surface area contributed by atoms with Gasteiger partial charge < -0.3 is 15.2 Å². The number of aliphatic hydroxyl groups is 1. The Kier molecular flexibility index (Phi) is 5.12. The summed E-state index contributed by atoms with van der Waals surface area (Å²) in [6, 6.07) is 0. The number of thiazole rings is 1. The average Bonchev–Trinajstić information content (AvgIpc) is 2.99. The fraction of sp³-hybridized carbons (Fsp3) is 0.769. The number of hydrogen-bond donors (Lipinski definition) is 2. The van der Waals surface area contributed by atoms with Gasteiger partial charge in [-0.2, -0.15) is 0 Å². The zero-order valence-electron chi connectivity index (χ0n) is 10.9. The first-order valence-corrected chi connectivity index (χ1v) is 7.51. The van der Waals surface area contributed by atoms with E-state index in [1.54, 1.807) is 11.3 Å². The quantitative estimate of drug-likeness (QED) is 0.742. The lowest BCUT2D eigenvalue weighted by Crippen LogP contribution is -2.41. The van der Waals surface area contributed by atoms with Crippen LogP contribution in [0.5, 0.6) is 0 Å². The summed E-state index contributed by atoms with van der Waals surface area (Å²) >= 11 is 1.76. The number of nitrogens with zero attached hydrogens (tertiary/aromatic N) is 1. The second kappa shape index (κ2) is 6.61. The van der Waals surface area contributed by atoms with Crippen LogP contribution >= 0.6 is 11.3 Å². The molecule has 5 heteroatoms. The van der Waals surface area contributed by atoms with Gasteiger partial charge in [0, 0.05) is 17.6 Å². The maximum Gasteiger partial charge on any atom is 0.113 e. The molecule has 0 amide bonds. The molecular formula is C13H22N2O2S. The van der Waals surface area contributed by atoms with Crippen LogP contribution in [0, 0.1) is 6.92 Å². The van der Waals surface area contributed by atoms with E-state index in [4.69, 9.17) is 9.84 Å². The highest BCUT2D eigenvalue weighted by atomic mass is 32.1. The number of aryl methyl sites for hydroxylation is 1. The summed E-state index contributed by atoms with van der Waals surface area (Å²) in [6.07, 6.45) is 4.87. The van der Waals surface area contributed by atoms with E-state index in [2.05, 4.69) is 15.7 Å². The minimum atomic E-state index is 0.0709. The van der Waals surface area contributed by atoms with Gasteiger partial charge in [-0.15, -0.1) is 11.3 Å². The van der Waals surface area contributed by atoms with Crippen molar-refractivity contribution in [2.75, 3.05) is 26.4 Å². The van der Waals surface area contributed by atoms with Crippen LogP contribution in [0.25, 0.3) is 0 Å². The van der Waals surface area contributed by atoms with Crippen molar-refractivity contribution >= 4 is 11.3 Å². The minimum Gasteiger partial charge on any atom is -0.394 e. The van der Waals surface area contributed by atoms with Gasteiger partial charge in [-0.3, -0.25) is 0 Å². The Labute approximate surface area is 112 Å². The van der Waals surface area contributed by atoms with Gasteiger partial charge in [0.1, 0.15) is 5.01 Å². The van der Waals surface area contributed by atoms with E-state index in [1.165, 1.54) is 30.7 Å². The maximum absolute atomic E-state index is 8.65. The number of hydrogen-bond acceptors (Lipinski definition) is 5. The van der Waals surface area contributed by atoms with Gasteiger partial charge in [-0.25, -0.2) is 4.98 Å². The lowest BCUT2D eigenvalue weighted by Gasteiger charge is -2.28. The van der Waals surface area contributed by atoms with Crippen molar-refractivity contribution in [1.82, 2.24) is 10.3 Å². The summed E-state index contributed by atoms with van der Waals surface area (Å²) in [5.41, 5.74) is 1.18. The van der Waals surface area contributed by atoms with Crippen molar-refractivity contribution in [3.63, 3.8) is 0 Å². The van der Waals surface area contributed by atoms with Crippen LogP contribution in [-0.4, -0.2) is 36.5 Å². The first kappa shape index (κ1) is 13.9. The predicted molar refractivity (Wildman–Crippen MR) is 72.9 cm³/mol. The molecule has 18 heavy (non-hydrogen) atoms. The Bertz CT molecular complexity index is 362.